The number of hydrogen-bond acceptors (Lipinski definition) is 5. The van der Waals surface area contributed by atoms with Crippen LogP contribution in [0.2, 0.25) is 0 Å². The summed E-state index contributed by atoms with van der Waals surface area (Å²) in [5.41, 5.74) is 1.54. The molecule has 1 aromatic carbocycles. The highest BCUT2D eigenvalue weighted by Crippen LogP contribution is 2.26. The molecular weight excluding hydrogens is 344 g/mol. The van der Waals surface area contributed by atoms with Crippen molar-refractivity contribution in [3.8, 4) is 11.5 Å². The standard InChI is InChI=1S/C21H22N2O4/c1-13(2)11-22-20(24)12-26-21(25)16-10-18(19-9-8-14(3)27-19)23-17-7-5-4-6-15(16)17/h4-10,13H,11-12H2,1-3H3,(H,22,24). The number of carbonyl (C=O) groups is 2. The Morgan fingerprint density at radius 2 is 1.96 bits per heavy atom. The third-order valence-corrected chi connectivity index (χ3v) is 3.97. The van der Waals surface area contributed by atoms with Gasteiger partial charge in [-0.25, -0.2) is 9.78 Å². The second kappa shape index (κ2) is 8.03. The molecule has 1 N–H and O–H groups in total. The Kier molecular flexibility index (Phi) is 5.54. The number of amides is 1. The SMILES string of the molecule is Cc1ccc(-c2cc(C(=O)OCC(=O)NCC(C)C)c3ccccc3n2)o1. The van der Waals surface area contributed by atoms with Gasteiger partial charge in [-0.15, -0.1) is 0 Å². The Morgan fingerprint density at radius 3 is 2.67 bits per heavy atom. The first-order valence-corrected chi connectivity index (χ1v) is 8.84. The van der Waals surface area contributed by atoms with Gasteiger partial charge in [-0.05, 0) is 37.1 Å². The fourth-order valence-corrected chi connectivity index (χ4v) is 2.62. The minimum absolute atomic E-state index is 0.322. The van der Waals surface area contributed by atoms with Crippen molar-refractivity contribution in [1.82, 2.24) is 10.3 Å². The number of benzene rings is 1. The molecule has 2 aromatic heterocycles. The van der Waals surface area contributed by atoms with Gasteiger partial charge in [0.15, 0.2) is 12.4 Å². The number of carbonyl (C=O) groups excluding carboxylic acids is 2. The van der Waals surface area contributed by atoms with Gasteiger partial charge in [0.05, 0.1) is 11.1 Å². The zero-order valence-corrected chi connectivity index (χ0v) is 15.6. The molecule has 3 rings (SSSR count). The molecule has 0 aliphatic carbocycles. The number of aromatic nitrogens is 1. The zero-order valence-electron chi connectivity index (χ0n) is 15.6. The van der Waals surface area contributed by atoms with Crippen molar-refractivity contribution in [2.45, 2.75) is 20.8 Å². The third-order valence-electron chi connectivity index (χ3n) is 3.97. The fraction of sp³-hybridized carbons (Fsp3) is 0.286. The van der Waals surface area contributed by atoms with Crippen LogP contribution in [-0.2, 0) is 9.53 Å². The van der Waals surface area contributed by atoms with Gasteiger partial charge >= 0.3 is 5.97 Å². The molecule has 0 saturated carbocycles. The summed E-state index contributed by atoms with van der Waals surface area (Å²) >= 11 is 0. The zero-order chi connectivity index (χ0) is 19.4. The first kappa shape index (κ1) is 18.6. The van der Waals surface area contributed by atoms with Crippen LogP contribution in [0, 0.1) is 12.8 Å². The van der Waals surface area contributed by atoms with Crippen LogP contribution >= 0.6 is 0 Å². The van der Waals surface area contributed by atoms with E-state index in [2.05, 4.69) is 10.3 Å². The van der Waals surface area contributed by atoms with E-state index in [1.807, 2.05) is 45.0 Å². The molecule has 0 aliphatic heterocycles. The van der Waals surface area contributed by atoms with Gasteiger partial charge in [-0.1, -0.05) is 32.0 Å². The summed E-state index contributed by atoms with van der Waals surface area (Å²) in [7, 11) is 0. The van der Waals surface area contributed by atoms with Crippen LogP contribution in [-0.4, -0.2) is 30.0 Å². The van der Waals surface area contributed by atoms with Crippen molar-refractivity contribution in [2.75, 3.05) is 13.2 Å². The van der Waals surface area contributed by atoms with Crippen LogP contribution in [0.5, 0.6) is 0 Å². The largest absolute Gasteiger partial charge is 0.460 e. The summed E-state index contributed by atoms with van der Waals surface area (Å²) in [5.74, 6) is 0.760. The number of hydrogen-bond donors (Lipinski definition) is 1. The molecule has 1 amide bonds. The van der Waals surface area contributed by atoms with Crippen molar-refractivity contribution < 1.29 is 18.7 Å². The Morgan fingerprint density at radius 1 is 1.19 bits per heavy atom. The van der Waals surface area contributed by atoms with Crippen LogP contribution in [0.4, 0.5) is 0 Å². The summed E-state index contributed by atoms with van der Waals surface area (Å²) in [4.78, 5) is 29.0. The van der Waals surface area contributed by atoms with E-state index in [9.17, 15) is 9.59 Å². The van der Waals surface area contributed by atoms with E-state index in [-0.39, 0.29) is 12.5 Å². The number of aryl methyl sites for hydroxylation is 1. The molecule has 3 aromatic rings. The number of fused-ring (bicyclic) bond motifs is 1. The summed E-state index contributed by atoms with van der Waals surface area (Å²) in [6.45, 7) is 6.05. The molecule has 0 radical (unpaired) electrons. The molecule has 0 fully saturated rings. The molecule has 0 unspecified atom stereocenters. The first-order chi connectivity index (χ1) is 12.9. The summed E-state index contributed by atoms with van der Waals surface area (Å²) in [5, 5.41) is 3.39. The smallest absolute Gasteiger partial charge is 0.339 e. The first-order valence-electron chi connectivity index (χ1n) is 8.84. The second-order valence-electron chi connectivity index (χ2n) is 6.76. The van der Waals surface area contributed by atoms with Crippen LogP contribution in [0.3, 0.4) is 0 Å². The lowest BCUT2D eigenvalue weighted by Gasteiger charge is -2.10. The van der Waals surface area contributed by atoms with Crippen molar-refractivity contribution in [3.63, 3.8) is 0 Å². The predicted octanol–water partition coefficient (Wildman–Crippen LogP) is 3.73. The van der Waals surface area contributed by atoms with E-state index >= 15 is 0 Å². The average molecular weight is 366 g/mol. The molecule has 0 bridgehead atoms. The molecule has 27 heavy (non-hydrogen) atoms. The molecule has 2 heterocycles. The molecule has 0 atom stereocenters. The molecule has 6 nitrogen and oxygen atoms in total. The maximum atomic E-state index is 12.6. The van der Waals surface area contributed by atoms with Crippen molar-refractivity contribution in [3.05, 3.63) is 53.8 Å². The summed E-state index contributed by atoms with van der Waals surface area (Å²) in [6.07, 6.45) is 0. The lowest BCUT2D eigenvalue weighted by atomic mass is 10.1. The summed E-state index contributed by atoms with van der Waals surface area (Å²) in [6, 6.07) is 12.6. The lowest BCUT2D eigenvalue weighted by Crippen LogP contribution is -2.31. The van der Waals surface area contributed by atoms with Gasteiger partial charge < -0.3 is 14.5 Å². The maximum Gasteiger partial charge on any atom is 0.339 e. The van der Waals surface area contributed by atoms with Gasteiger partial charge in [0.2, 0.25) is 0 Å². The molecule has 0 saturated heterocycles. The van der Waals surface area contributed by atoms with Gasteiger partial charge in [0, 0.05) is 11.9 Å². The fourth-order valence-electron chi connectivity index (χ4n) is 2.62. The average Bonchev–Trinajstić information content (AvgIpc) is 3.09. The summed E-state index contributed by atoms with van der Waals surface area (Å²) < 4.78 is 10.8. The number of rotatable bonds is 6. The highest BCUT2D eigenvalue weighted by atomic mass is 16.5. The number of nitrogens with zero attached hydrogens (tertiary/aromatic N) is 1. The van der Waals surface area contributed by atoms with Crippen molar-refractivity contribution >= 4 is 22.8 Å². The number of nitrogens with one attached hydrogen (secondary N) is 1. The second-order valence-corrected chi connectivity index (χ2v) is 6.76. The Balaban J connectivity index is 1.86. The van der Waals surface area contributed by atoms with Gasteiger partial charge in [-0.3, -0.25) is 4.79 Å². The van der Waals surface area contributed by atoms with Gasteiger partial charge in [-0.2, -0.15) is 0 Å². The number of pyridine rings is 1. The van der Waals surface area contributed by atoms with Crippen LogP contribution < -0.4 is 5.32 Å². The third kappa shape index (κ3) is 4.53. The molecular formula is C21H22N2O4. The number of furan rings is 1. The highest BCUT2D eigenvalue weighted by molar-refractivity contribution is 6.05. The number of esters is 1. The van der Waals surface area contributed by atoms with E-state index in [0.717, 1.165) is 5.76 Å². The predicted molar refractivity (Wildman–Crippen MR) is 102 cm³/mol. The highest BCUT2D eigenvalue weighted by Gasteiger charge is 2.17. The van der Waals surface area contributed by atoms with E-state index < -0.39 is 5.97 Å². The van der Waals surface area contributed by atoms with Crippen LogP contribution in [0.25, 0.3) is 22.4 Å². The Hall–Kier alpha value is -3.15. The molecule has 0 aliphatic rings. The van der Waals surface area contributed by atoms with Gasteiger partial charge in [0.1, 0.15) is 11.5 Å². The van der Waals surface area contributed by atoms with E-state index in [1.54, 1.807) is 18.2 Å². The van der Waals surface area contributed by atoms with Gasteiger partial charge in [0.25, 0.3) is 5.91 Å². The number of ether oxygens (including phenoxy) is 1. The monoisotopic (exact) mass is 366 g/mol. The molecule has 0 spiro atoms. The minimum atomic E-state index is -0.571. The minimum Gasteiger partial charge on any atom is -0.460 e. The van der Waals surface area contributed by atoms with Crippen LogP contribution in [0.15, 0.2) is 46.9 Å². The molecule has 6 heteroatoms. The van der Waals surface area contributed by atoms with E-state index in [4.69, 9.17) is 9.15 Å². The maximum absolute atomic E-state index is 12.6. The number of para-hydroxylation sites is 1. The quantitative estimate of drug-likeness (QED) is 0.672. The lowest BCUT2D eigenvalue weighted by molar-refractivity contribution is -0.124. The Bertz CT molecular complexity index is 975. The molecule has 140 valence electrons. The topological polar surface area (TPSA) is 81.4 Å². The van der Waals surface area contributed by atoms with Crippen molar-refractivity contribution in [2.24, 2.45) is 5.92 Å². The Labute approximate surface area is 157 Å². The van der Waals surface area contributed by atoms with E-state index in [1.165, 1.54) is 0 Å². The van der Waals surface area contributed by atoms with Crippen molar-refractivity contribution in [1.29, 1.82) is 0 Å². The van der Waals surface area contributed by atoms with Crippen LogP contribution in [0.1, 0.15) is 30.0 Å². The van der Waals surface area contributed by atoms with E-state index in [0.29, 0.717) is 40.4 Å². The normalized spacial score (nSPS) is 11.0.